The van der Waals surface area contributed by atoms with Gasteiger partial charge in [-0.15, -0.1) is 0 Å². The number of carbonyl (C=O) groups is 1. The number of aromatic nitrogens is 6. The molecule has 234 valence electrons. The Kier molecular flexibility index (Phi) is 8.39. The van der Waals surface area contributed by atoms with E-state index in [2.05, 4.69) is 37.3 Å². The summed E-state index contributed by atoms with van der Waals surface area (Å²) < 4.78 is 20.8. The van der Waals surface area contributed by atoms with Crippen molar-refractivity contribution >= 4 is 33.7 Å². The Morgan fingerprint density at radius 1 is 1.00 bits per heavy atom. The minimum absolute atomic E-state index is 0.0369. The summed E-state index contributed by atoms with van der Waals surface area (Å²) in [4.78, 5) is 32.2. The van der Waals surface area contributed by atoms with Gasteiger partial charge in [0.05, 0.1) is 34.1 Å². The molecule has 46 heavy (non-hydrogen) atoms. The molecule has 11 heteroatoms. The quantitative estimate of drug-likeness (QED) is 0.143. The normalized spacial score (nSPS) is 13.5. The highest BCUT2D eigenvalue weighted by molar-refractivity contribution is 5.96. The van der Waals surface area contributed by atoms with Crippen LogP contribution >= 0.6 is 0 Å². The average Bonchev–Trinajstić information content (AvgIpc) is 3.83. The molecule has 1 aliphatic heterocycles. The Hall–Kier alpha value is -5.16. The van der Waals surface area contributed by atoms with Gasteiger partial charge in [0.25, 0.3) is 0 Å². The lowest BCUT2D eigenvalue weighted by Gasteiger charge is -2.15. The first-order valence-corrected chi connectivity index (χ1v) is 15.8. The van der Waals surface area contributed by atoms with E-state index in [-0.39, 0.29) is 11.7 Å². The number of aromatic amines is 2. The zero-order valence-corrected chi connectivity index (χ0v) is 25.6. The monoisotopic (exact) mass is 618 g/mol. The average molecular weight is 619 g/mol. The molecule has 6 aromatic rings. The number of benzene rings is 2. The molecule has 0 aliphatic carbocycles. The van der Waals surface area contributed by atoms with Crippen molar-refractivity contribution in [3.8, 4) is 39.7 Å². The van der Waals surface area contributed by atoms with Crippen molar-refractivity contribution in [2.75, 3.05) is 31.6 Å². The molecule has 0 unspecified atom stereocenters. The van der Waals surface area contributed by atoms with Crippen LogP contribution in [-0.2, 0) is 4.79 Å². The molecule has 5 heterocycles. The van der Waals surface area contributed by atoms with E-state index in [0.717, 1.165) is 54.6 Å². The molecule has 0 spiro atoms. The number of hydrogen-bond donors (Lipinski definition) is 3. The SMILES string of the molecule is CCCCC(=O)Nc1cncc(-c2ccc3[nH]nc(-c4nc5c(-c6cc(F)cc(OCCN7CCCC7)c6)cccc5[nH]4)c3n2)c1. The van der Waals surface area contributed by atoms with Gasteiger partial charge < -0.3 is 15.0 Å². The number of imidazole rings is 1. The largest absolute Gasteiger partial charge is 0.492 e. The van der Waals surface area contributed by atoms with Crippen molar-refractivity contribution in [2.45, 2.75) is 39.0 Å². The molecule has 3 N–H and O–H groups in total. The molecule has 1 aliphatic rings. The zero-order chi connectivity index (χ0) is 31.5. The number of pyridine rings is 2. The van der Waals surface area contributed by atoms with Crippen LogP contribution in [0.15, 0.2) is 67.0 Å². The van der Waals surface area contributed by atoms with E-state index in [4.69, 9.17) is 14.7 Å². The van der Waals surface area contributed by atoms with E-state index in [0.29, 0.717) is 58.3 Å². The first-order valence-electron chi connectivity index (χ1n) is 15.8. The fourth-order valence-electron chi connectivity index (χ4n) is 5.91. The maximum atomic E-state index is 14.8. The van der Waals surface area contributed by atoms with Gasteiger partial charge in [-0.3, -0.25) is 19.8 Å². The minimum atomic E-state index is -0.365. The van der Waals surface area contributed by atoms with E-state index < -0.39 is 0 Å². The Morgan fingerprint density at radius 3 is 2.76 bits per heavy atom. The maximum absolute atomic E-state index is 14.8. The molecule has 7 rings (SSSR count). The van der Waals surface area contributed by atoms with E-state index in [9.17, 15) is 9.18 Å². The first-order chi connectivity index (χ1) is 22.5. The number of rotatable bonds is 11. The highest BCUT2D eigenvalue weighted by Gasteiger charge is 2.18. The number of H-pyrrole nitrogens is 2. The van der Waals surface area contributed by atoms with Gasteiger partial charge in [0.2, 0.25) is 5.91 Å². The number of ether oxygens (including phenoxy) is 1. The molecule has 0 bridgehead atoms. The van der Waals surface area contributed by atoms with E-state index >= 15 is 0 Å². The molecule has 1 saturated heterocycles. The van der Waals surface area contributed by atoms with Crippen molar-refractivity contribution < 1.29 is 13.9 Å². The summed E-state index contributed by atoms with van der Waals surface area (Å²) in [7, 11) is 0. The van der Waals surface area contributed by atoms with Crippen molar-refractivity contribution in [2.24, 2.45) is 0 Å². The number of fused-ring (bicyclic) bond motifs is 2. The molecule has 0 saturated carbocycles. The second-order valence-corrected chi connectivity index (χ2v) is 11.6. The van der Waals surface area contributed by atoms with Gasteiger partial charge >= 0.3 is 0 Å². The lowest BCUT2D eigenvalue weighted by atomic mass is 10.0. The predicted octanol–water partition coefficient (Wildman–Crippen LogP) is 6.97. The van der Waals surface area contributed by atoms with Gasteiger partial charge in [-0.1, -0.05) is 25.5 Å². The highest BCUT2D eigenvalue weighted by Crippen LogP contribution is 2.34. The fraction of sp³-hybridized carbons (Fsp3) is 0.286. The fourth-order valence-corrected chi connectivity index (χ4v) is 5.91. The van der Waals surface area contributed by atoms with Gasteiger partial charge in [0.1, 0.15) is 23.7 Å². The number of likely N-dealkylation sites (tertiary alicyclic amines) is 1. The summed E-state index contributed by atoms with van der Waals surface area (Å²) in [5.74, 6) is 0.628. The molecular weight excluding hydrogens is 583 g/mol. The first kappa shape index (κ1) is 29.5. The molecule has 0 radical (unpaired) electrons. The van der Waals surface area contributed by atoms with Crippen LogP contribution in [0.1, 0.15) is 39.0 Å². The number of unbranched alkanes of at least 4 members (excludes halogenated alkanes) is 1. The lowest BCUT2D eigenvalue weighted by molar-refractivity contribution is -0.116. The molecule has 1 fully saturated rings. The number of halogens is 1. The summed E-state index contributed by atoms with van der Waals surface area (Å²) in [6.45, 7) is 5.57. The van der Waals surface area contributed by atoms with Gasteiger partial charge in [-0.25, -0.2) is 14.4 Å². The van der Waals surface area contributed by atoms with Crippen molar-refractivity contribution in [1.29, 1.82) is 0 Å². The number of hydrogen-bond acceptors (Lipinski definition) is 7. The van der Waals surface area contributed by atoms with Crippen LogP contribution in [0.4, 0.5) is 10.1 Å². The number of carbonyl (C=O) groups excluding carboxylic acids is 1. The molecule has 1 amide bonds. The third kappa shape index (κ3) is 6.32. The van der Waals surface area contributed by atoms with Crippen molar-refractivity contribution in [3.63, 3.8) is 0 Å². The summed E-state index contributed by atoms with van der Waals surface area (Å²) in [6.07, 6.45) is 8.04. The van der Waals surface area contributed by atoms with E-state index in [1.54, 1.807) is 12.4 Å². The third-order valence-corrected chi connectivity index (χ3v) is 8.28. The number of nitrogens with zero attached hydrogens (tertiary/aromatic N) is 5. The summed E-state index contributed by atoms with van der Waals surface area (Å²) in [5.41, 5.74) is 6.94. The van der Waals surface area contributed by atoms with Crippen LogP contribution < -0.4 is 10.1 Å². The van der Waals surface area contributed by atoms with E-state index in [1.807, 2.05) is 42.5 Å². The number of para-hydroxylation sites is 1. The van der Waals surface area contributed by atoms with E-state index in [1.165, 1.54) is 25.0 Å². The van der Waals surface area contributed by atoms with Crippen LogP contribution in [-0.4, -0.2) is 67.2 Å². The number of amides is 1. The summed E-state index contributed by atoms with van der Waals surface area (Å²) in [6, 6.07) is 16.2. The van der Waals surface area contributed by atoms with Gasteiger partial charge in [0.15, 0.2) is 11.5 Å². The lowest BCUT2D eigenvalue weighted by Crippen LogP contribution is -2.25. The molecule has 4 aromatic heterocycles. The van der Waals surface area contributed by atoms with Crippen molar-refractivity contribution in [3.05, 3.63) is 72.8 Å². The smallest absolute Gasteiger partial charge is 0.224 e. The topological polar surface area (TPSA) is 125 Å². The summed E-state index contributed by atoms with van der Waals surface area (Å²) in [5, 5.41) is 10.5. The standard InChI is InChI=1S/C35H35FN8O2/c1-2-3-9-31(45)38-25-17-23(20-37-21-25)28-10-11-30-33(39-28)34(43-42-30)35-40-29-8-6-7-27(32(29)41-35)22-16-24(36)19-26(18-22)46-15-14-44-12-4-5-13-44/h6-8,10-11,16-21H,2-5,9,12-15H2,1H3,(H,38,45)(H,40,41)(H,42,43). The Balaban J connectivity index is 1.17. The third-order valence-electron chi connectivity index (χ3n) is 8.28. The van der Waals surface area contributed by atoms with Crippen LogP contribution in [0.25, 0.3) is 56.0 Å². The zero-order valence-electron chi connectivity index (χ0n) is 25.6. The van der Waals surface area contributed by atoms with Crippen LogP contribution in [0.2, 0.25) is 0 Å². The second kappa shape index (κ2) is 13.1. The maximum Gasteiger partial charge on any atom is 0.224 e. The Bertz CT molecular complexity index is 2010. The predicted molar refractivity (Wildman–Crippen MR) is 177 cm³/mol. The van der Waals surface area contributed by atoms with Gasteiger partial charge in [-0.2, -0.15) is 5.10 Å². The number of nitrogens with one attached hydrogen (secondary N) is 3. The second-order valence-electron chi connectivity index (χ2n) is 11.6. The Labute approximate surface area is 265 Å². The van der Waals surface area contributed by atoms with Crippen LogP contribution in [0, 0.1) is 5.82 Å². The van der Waals surface area contributed by atoms with Crippen LogP contribution in [0.3, 0.4) is 0 Å². The van der Waals surface area contributed by atoms with Crippen molar-refractivity contribution in [1.82, 2.24) is 35.0 Å². The van der Waals surface area contributed by atoms with Gasteiger partial charge in [0, 0.05) is 36.4 Å². The summed E-state index contributed by atoms with van der Waals surface area (Å²) >= 11 is 0. The minimum Gasteiger partial charge on any atom is -0.492 e. The number of anilines is 1. The van der Waals surface area contributed by atoms with Crippen LogP contribution in [0.5, 0.6) is 5.75 Å². The molecular formula is C35H35FN8O2. The van der Waals surface area contributed by atoms with Gasteiger partial charge in [-0.05, 0) is 74.3 Å². The molecule has 10 nitrogen and oxygen atoms in total. The highest BCUT2D eigenvalue weighted by atomic mass is 19.1. The Morgan fingerprint density at radius 2 is 1.89 bits per heavy atom. The molecule has 2 aromatic carbocycles. The molecule has 0 atom stereocenters.